The first-order chi connectivity index (χ1) is 9.19. The number of anilines is 1. The van der Waals surface area contributed by atoms with Crippen LogP contribution in [0.3, 0.4) is 0 Å². The Bertz CT molecular complexity index is 548. The van der Waals surface area contributed by atoms with E-state index in [0.717, 1.165) is 17.2 Å². The van der Waals surface area contributed by atoms with Crippen LogP contribution < -0.4 is 10.6 Å². The first-order valence-electron chi connectivity index (χ1n) is 6.22. The van der Waals surface area contributed by atoms with E-state index in [1.807, 2.05) is 44.3 Å². The summed E-state index contributed by atoms with van der Waals surface area (Å²) in [6.07, 6.45) is 1.88. The highest BCUT2D eigenvalue weighted by atomic mass is 32.1. The van der Waals surface area contributed by atoms with Gasteiger partial charge in [0.1, 0.15) is 0 Å². The molecule has 0 bridgehead atoms. The van der Waals surface area contributed by atoms with E-state index in [2.05, 4.69) is 15.6 Å². The number of thiazole rings is 1. The number of hydrogen-bond acceptors (Lipinski definition) is 4. The molecule has 0 spiro atoms. The molecule has 1 aromatic heterocycles. The number of nitrogens with zero attached hydrogens (tertiary/aromatic N) is 1. The molecule has 0 saturated heterocycles. The van der Waals surface area contributed by atoms with Crippen molar-refractivity contribution < 1.29 is 4.79 Å². The quantitative estimate of drug-likeness (QED) is 0.882. The number of aryl methyl sites for hydroxylation is 1. The van der Waals surface area contributed by atoms with E-state index in [0.29, 0.717) is 12.1 Å². The highest BCUT2D eigenvalue weighted by Gasteiger charge is 2.03. The van der Waals surface area contributed by atoms with Gasteiger partial charge in [0.25, 0.3) is 5.91 Å². The molecule has 0 unspecified atom stereocenters. The predicted octanol–water partition coefficient (Wildman–Crippen LogP) is 2.81. The van der Waals surface area contributed by atoms with Crippen LogP contribution in [0.2, 0.25) is 0 Å². The van der Waals surface area contributed by atoms with Gasteiger partial charge in [0.05, 0.1) is 11.6 Å². The number of hydrogen-bond donors (Lipinski definition) is 2. The van der Waals surface area contributed by atoms with E-state index in [9.17, 15) is 4.79 Å². The fourth-order valence-corrected chi connectivity index (χ4v) is 2.41. The number of aromatic nitrogens is 1. The Balaban J connectivity index is 1.93. The van der Waals surface area contributed by atoms with Gasteiger partial charge in [-0.25, -0.2) is 4.98 Å². The molecular weight excluding hydrogens is 258 g/mol. The summed E-state index contributed by atoms with van der Waals surface area (Å²) in [6.45, 7) is 5.30. The van der Waals surface area contributed by atoms with Gasteiger partial charge in [0, 0.05) is 28.9 Å². The molecule has 1 amide bonds. The second kappa shape index (κ2) is 6.33. The number of nitrogens with one attached hydrogen (secondary N) is 2. The van der Waals surface area contributed by atoms with Crippen molar-refractivity contribution in [3.63, 3.8) is 0 Å². The molecular formula is C14H17N3OS. The maximum absolute atomic E-state index is 11.6. The maximum atomic E-state index is 11.6. The average molecular weight is 275 g/mol. The molecule has 2 N–H and O–H groups in total. The van der Waals surface area contributed by atoms with Gasteiger partial charge in [-0.3, -0.25) is 4.79 Å². The predicted molar refractivity (Wildman–Crippen MR) is 78.6 cm³/mol. The van der Waals surface area contributed by atoms with Crippen molar-refractivity contribution in [2.75, 3.05) is 11.9 Å². The minimum absolute atomic E-state index is 0.0351. The van der Waals surface area contributed by atoms with Crippen LogP contribution in [0.5, 0.6) is 0 Å². The summed E-state index contributed by atoms with van der Waals surface area (Å²) >= 11 is 1.68. The average Bonchev–Trinajstić information content (AvgIpc) is 2.83. The van der Waals surface area contributed by atoms with Gasteiger partial charge in [-0.2, -0.15) is 0 Å². The zero-order valence-electron chi connectivity index (χ0n) is 11.1. The Morgan fingerprint density at radius 1 is 1.32 bits per heavy atom. The minimum atomic E-state index is -0.0351. The van der Waals surface area contributed by atoms with Crippen LogP contribution in [0.15, 0.2) is 30.5 Å². The zero-order chi connectivity index (χ0) is 13.7. The summed E-state index contributed by atoms with van der Waals surface area (Å²) in [7, 11) is 0. The first-order valence-corrected chi connectivity index (χ1v) is 7.04. The second-order valence-corrected chi connectivity index (χ2v) is 5.46. The number of carbonyl (C=O) groups is 1. The van der Waals surface area contributed by atoms with Crippen molar-refractivity contribution in [1.29, 1.82) is 0 Å². The van der Waals surface area contributed by atoms with E-state index < -0.39 is 0 Å². The monoisotopic (exact) mass is 275 g/mol. The van der Waals surface area contributed by atoms with Gasteiger partial charge in [0.15, 0.2) is 0 Å². The summed E-state index contributed by atoms with van der Waals surface area (Å²) < 4.78 is 0. The summed E-state index contributed by atoms with van der Waals surface area (Å²) in [5.74, 6) is -0.0351. The normalized spacial score (nSPS) is 10.2. The highest BCUT2D eigenvalue weighted by Crippen LogP contribution is 2.15. The molecule has 4 nitrogen and oxygen atoms in total. The third-order valence-electron chi connectivity index (χ3n) is 2.62. The molecule has 1 aromatic carbocycles. The van der Waals surface area contributed by atoms with Gasteiger partial charge in [0.2, 0.25) is 0 Å². The number of carbonyl (C=O) groups excluding carboxylic acids is 1. The Morgan fingerprint density at radius 2 is 2.05 bits per heavy atom. The van der Waals surface area contributed by atoms with Crippen LogP contribution in [0.1, 0.15) is 27.2 Å². The van der Waals surface area contributed by atoms with E-state index in [4.69, 9.17) is 0 Å². The lowest BCUT2D eigenvalue weighted by molar-refractivity contribution is 0.0956. The zero-order valence-corrected chi connectivity index (χ0v) is 11.9. The molecule has 0 fully saturated rings. The van der Waals surface area contributed by atoms with Gasteiger partial charge < -0.3 is 10.6 Å². The van der Waals surface area contributed by atoms with Crippen molar-refractivity contribution in [3.05, 3.63) is 45.9 Å². The van der Waals surface area contributed by atoms with E-state index in [-0.39, 0.29) is 5.91 Å². The number of benzene rings is 1. The van der Waals surface area contributed by atoms with Gasteiger partial charge >= 0.3 is 0 Å². The summed E-state index contributed by atoms with van der Waals surface area (Å²) in [5.41, 5.74) is 1.68. The summed E-state index contributed by atoms with van der Waals surface area (Å²) in [5, 5.41) is 7.16. The Morgan fingerprint density at radius 3 is 2.63 bits per heavy atom. The SMILES string of the molecule is CCNC(=O)c1ccc(NCc2cnc(C)s2)cc1. The largest absolute Gasteiger partial charge is 0.380 e. The van der Waals surface area contributed by atoms with Gasteiger partial charge in [-0.15, -0.1) is 11.3 Å². The molecule has 2 rings (SSSR count). The molecule has 0 aliphatic heterocycles. The third-order valence-corrected chi connectivity index (χ3v) is 3.53. The Hall–Kier alpha value is -1.88. The standard InChI is InChI=1S/C14H17N3OS/c1-3-15-14(18)11-4-6-12(7-5-11)17-9-13-8-16-10(2)19-13/h4-8,17H,3,9H2,1-2H3,(H,15,18). The summed E-state index contributed by atoms with van der Waals surface area (Å²) in [4.78, 5) is 17.0. The molecule has 0 aliphatic carbocycles. The van der Waals surface area contributed by atoms with Crippen LogP contribution in [0, 0.1) is 6.92 Å². The van der Waals surface area contributed by atoms with Gasteiger partial charge in [-0.1, -0.05) is 0 Å². The van der Waals surface area contributed by atoms with Crippen molar-refractivity contribution in [2.24, 2.45) is 0 Å². The topological polar surface area (TPSA) is 54.0 Å². The lowest BCUT2D eigenvalue weighted by Gasteiger charge is -2.06. The lowest BCUT2D eigenvalue weighted by Crippen LogP contribution is -2.22. The fraction of sp³-hybridized carbons (Fsp3) is 0.286. The molecule has 100 valence electrons. The van der Waals surface area contributed by atoms with Crippen LogP contribution in [-0.4, -0.2) is 17.4 Å². The fourth-order valence-electron chi connectivity index (χ4n) is 1.68. The van der Waals surface area contributed by atoms with Crippen LogP contribution in [0.4, 0.5) is 5.69 Å². The molecule has 0 radical (unpaired) electrons. The maximum Gasteiger partial charge on any atom is 0.251 e. The number of amides is 1. The number of rotatable bonds is 5. The van der Waals surface area contributed by atoms with Crippen LogP contribution in [0.25, 0.3) is 0 Å². The van der Waals surface area contributed by atoms with Crippen molar-refractivity contribution >= 4 is 22.9 Å². The molecule has 0 aliphatic rings. The molecule has 5 heteroatoms. The lowest BCUT2D eigenvalue weighted by atomic mass is 10.2. The first kappa shape index (κ1) is 13.5. The second-order valence-electron chi connectivity index (χ2n) is 4.14. The molecule has 1 heterocycles. The molecule has 2 aromatic rings. The smallest absolute Gasteiger partial charge is 0.251 e. The Kier molecular flexibility index (Phi) is 4.52. The molecule has 19 heavy (non-hydrogen) atoms. The molecule has 0 saturated carbocycles. The van der Waals surface area contributed by atoms with Crippen LogP contribution >= 0.6 is 11.3 Å². The Labute approximate surface area is 116 Å². The summed E-state index contributed by atoms with van der Waals surface area (Å²) in [6, 6.07) is 7.48. The van der Waals surface area contributed by atoms with Crippen LogP contribution in [-0.2, 0) is 6.54 Å². The highest BCUT2D eigenvalue weighted by molar-refractivity contribution is 7.11. The third kappa shape index (κ3) is 3.79. The van der Waals surface area contributed by atoms with E-state index >= 15 is 0 Å². The van der Waals surface area contributed by atoms with Crippen molar-refractivity contribution in [2.45, 2.75) is 20.4 Å². The van der Waals surface area contributed by atoms with Gasteiger partial charge in [-0.05, 0) is 38.1 Å². The van der Waals surface area contributed by atoms with Crippen molar-refractivity contribution in [1.82, 2.24) is 10.3 Å². The van der Waals surface area contributed by atoms with Crippen molar-refractivity contribution in [3.8, 4) is 0 Å². The van der Waals surface area contributed by atoms with E-state index in [1.54, 1.807) is 11.3 Å². The van der Waals surface area contributed by atoms with E-state index in [1.165, 1.54) is 4.88 Å². The minimum Gasteiger partial charge on any atom is -0.380 e. The molecule has 0 atom stereocenters.